The molecule has 1 heterocycles. The second-order valence-electron chi connectivity index (χ2n) is 12.9. The Morgan fingerprint density at radius 1 is 1.03 bits per heavy atom. The lowest BCUT2D eigenvalue weighted by atomic mass is 9.44. The molecule has 5 heteroatoms. The quantitative estimate of drug-likeness (QED) is 0.473. The fraction of sp³-hybridized carbons (Fsp3) is 0.931. The lowest BCUT2D eigenvalue weighted by molar-refractivity contribution is -0.178. The van der Waals surface area contributed by atoms with E-state index < -0.39 is 5.97 Å². The number of hydrogen-bond acceptors (Lipinski definition) is 4. The molecule has 34 heavy (non-hydrogen) atoms. The minimum atomic E-state index is -0.721. The Labute approximate surface area is 205 Å². The number of hydrogen-bond donors (Lipinski definition) is 1. The van der Waals surface area contributed by atoms with Crippen molar-refractivity contribution in [1.82, 2.24) is 0 Å². The lowest BCUT2D eigenvalue weighted by Gasteiger charge is -2.60. The highest BCUT2D eigenvalue weighted by molar-refractivity contribution is 5.83. The Hall–Kier alpha value is -0.940. The summed E-state index contributed by atoms with van der Waals surface area (Å²) in [5, 5.41) is 9.44. The van der Waals surface area contributed by atoms with Crippen LogP contribution in [0.3, 0.4) is 0 Å². The molecule has 0 amide bonds. The number of carbonyl (C=O) groups is 2. The van der Waals surface area contributed by atoms with Gasteiger partial charge in [0.05, 0.1) is 6.61 Å². The van der Waals surface area contributed by atoms with Crippen molar-refractivity contribution in [3.05, 3.63) is 0 Å². The maximum Gasteiger partial charge on any atom is 0.303 e. The number of ketones is 1. The Morgan fingerprint density at radius 3 is 2.59 bits per heavy atom. The van der Waals surface area contributed by atoms with E-state index in [1.165, 1.54) is 38.5 Å². The number of rotatable bonds is 7. The third kappa shape index (κ3) is 4.38. The molecule has 9 atom stereocenters. The highest BCUT2D eigenvalue weighted by atomic mass is 16.7. The molecule has 5 nitrogen and oxygen atoms in total. The van der Waals surface area contributed by atoms with Crippen LogP contribution in [0, 0.1) is 46.3 Å². The molecular formula is C29H46O5. The molecule has 0 aromatic carbocycles. The highest BCUT2D eigenvalue weighted by Crippen LogP contribution is 2.67. The normalized spacial score (nSPS) is 45.2. The van der Waals surface area contributed by atoms with Gasteiger partial charge in [0.2, 0.25) is 0 Å². The van der Waals surface area contributed by atoms with Gasteiger partial charge in [-0.2, -0.15) is 0 Å². The summed E-state index contributed by atoms with van der Waals surface area (Å²) in [7, 11) is 0. The fourth-order valence-corrected chi connectivity index (χ4v) is 9.56. The van der Waals surface area contributed by atoms with Gasteiger partial charge in [0.15, 0.2) is 6.29 Å². The summed E-state index contributed by atoms with van der Waals surface area (Å²) < 4.78 is 12.1. The maximum atomic E-state index is 13.6. The van der Waals surface area contributed by atoms with Gasteiger partial charge in [-0.1, -0.05) is 26.7 Å². The Morgan fingerprint density at radius 2 is 1.82 bits per heavy atom. The molecule has 0 aromatic rings. The Balaban J connectivity index is 1.34. The summed E-state index contributed by atoms with van der Waals surface area (Å²) in [6.07, 6.45) is 14.5. The minimum Gasteiger partial charge on any atom is -0.481 e. The number of carboxylic acid groups (broad SMARTS) is 1. The average molecular weight is 475 g/mol. The van der Waals surface area contributed by atoms with E-state index in [9.17, 15) is 14.7 Å². The number of aliphatic carboxylic acids is 1. The Bertz CT molecular complexity index is 760. The molecule has 0 radical (unpaired) electrons. The van der Waals surface area contributed by atoms with Crippen LogP contribution < -0.4 is 0 Å². The number of fused-ring (bicyclic) bond motifs is 5. The molecule has 0 bridgehead atoms. The predicted molar refractivity (Wildman–Crippen MR) is 130 cm³/mol. The van der Waals surface area contributed by atoms with Crippen LogP contribution in [-0.4, -0.2) is 36.4 Å². The van der Waals surface area contributed by atoms with Crippen molar-refractivity contribution in [2.45, 2.75) is 110 Å². The molecule has 5 aliphatic rings. The first-order chi connectivity index (χ1) is 16.3. The van der Waals surface area contributed by atoms with Crippen molar-refractivity contribution in [2.75, 3.05) is 13.2 Å². The molecule has 0 aromatic heterocycles. The second-order valence-corrected chi connectivity index (χ2v) is 12.9. The molecule has 192 valence electrons. The maximum absolute atomic E-state index is 13.6. The van der Waals surface area contributed by atoms with Crippen molar-refractivity contribution in [3.8, 4) is 0 Å². The molecule has 4 aliphatic carbocycles. The number of carboxylic acids is 1. The van der Waals surface area contributed by atoms with Gasteiger partial charge < -0.3 is 14.6 Å². The van der Waals surface area contributed by atoms with Gasteiger partial charge in [-0.25, -0.2) is 0 Å². The fourth-order valence-electron chi connectivity index (χ4n) is 9.56. The number of carbonyl (C=O) groups excluding carboxylic acids is 1. The molecule has 5 fully saturated rings. The number of ether oxygens (including phenoxy) is 2. The predicted octanol–water partition coefficient (Wildman–Crippen LogP) is 6.24. The van der Waals surface area contributed by atoms with Gasteiger partial charge in [0.1, 0.15) is 5.78 Å². The van der Waals surface area contributed by atoms with Crippen molar-refractivity contribution in [2.24, 2.45) is 46.3 Å². The van der Waals surface area contributed by atoms with E-state index in [1.54, 1.807) is 0 Å². The third-order valence-electron chi connectivity index (χ3n) is 11.4. The average Bonchev–Trinajstić information content (AvgIpc) is 3.17. The smallest absolute Gasteiger partial charge is 0.303 e. The first-order valence-corrected chi connectivity index (χ1v) is 14.3. The standard InChI is InChI=1S/C29H46O5/c1-28-14-5-3-7-20(28)17-24(30)27-22-11-10-21(29(22,2)15-13-23(27)28)19(9-12-25(31)32)18-34-26-8-4-6-16-33-26/h19-23,26-27H,3-18H2,1-2H3,(H,31,32)/t19-,20-,21+,22-,23-,26?,27-,28-,29+/m0/s1. The van der Waals surface area contributed by atoms with E-state index in [1.807, 2.05) is 0 Å². The van der Waals surface area contributed by atoms with Crippen LogP contribution >= 0.6 is 0 Å². The molecule has 4 saturated carbocycles. The van der Waals surface area contributed by atoms with Crippen LogP contribution in [0.4, 0.5) is 0 Å². The molecule has 0 spiro atoms. The first kappa shape index (κ1) is 24.7. The summed E-state index contributed by atoms with van der Waals surface area (Å²) in [5.41, 5.74) is 0.467. The van der Waals surface area contributed by atoms with Crippen LogP contribution in [-0.2, 0) is 19.1 Å². The van der Waals surface area contributed by atoms with Crippen LogP contribution in [0.2, 0.25) is 0 Å². The van der Waals surface area contributed by atoms with Crippen molar-refractivity contribution < 1.29 is 24.2 Å². The van der Waals surface area contributed by atoms with Gasteiger partial charge >= 0.3 is 5.97 Å². The SMILES string of the molecule is C[C@]12CCCC[C@H]1CC(=O)[C@@H]1[C@@H]2CC[C@]2(C)[C@@H]([C@@H](CCC(=O)O)COC3CCCCO3)CC[C@@H]12. The summed E-state index contributed by atoms with van der Waals surface area (Å²) in [5.74, 6) is 2.34. The van der Waals surface area contributed by atoms with E-state index in [2.05, 4.69) is 13.8 Å². The zero-order chi connectivity index (χ0) is 23.9. The molecular weight excluding hydrogens is 428 g/mol. The molecule has 5 rings (SSSR count). The molecule has 1 saturated heterocycles. The highest BCUT2D eigenvalue weighted by Gasteiger charge is 2.62. The second kappa shape index (κ2) is 9.84. The zero-order valence-electron chi connectivity index (χ0n) is 21.4. The first-order valence-electron chi connectivity index (χ1n) is 14.3. The summed E-state index contributed by atoms with van der Waals surface area (Å²) in [6, 6.07) is 0. The largest absolute Gasteiger partial charge is 0.481 e. The van der Waals surface area contributed by atoms with E-state index in [0.29, 0.717) is 47.9 Å². The molecule has 1 aliphatic heterocycles. The van der Waals surface area contributed by atoms with E-state index in [0.717, 1.165) is 45.1 Å². The molecule has 1 N–H and O–H groups in total. The van der Waals surface area contributed by atoms with Crippen LogP contribution in [0.15, 0.2) is 0 Å². The van der Waals surface area contributed by atoms with Crippen LogP contribution in [0.1, 0.15) is 104 Å². The summed E-state index contributed by atoms with van der Waals surface area (Å²) >= 11 is 0. The van der Waals surface area contributed by atoms with Crippen molar-refractivity contribution >= 4 is 11.8 Å². The Kier molecular flexibility index (Phi) is 7.16. The summed E-state index contributed by atoms with van der Waals surface area (Å²) in [4.78, 5) is 25.1. The topological polar surface area (TPSA) is 72.8 Å². The van der Waals surface area contributed by atoms with Crippen molar-refractivity contribution in [1.29, 1.82) is 0 Å². The molecule has 1 unspecified atom stereocenters. The van der Waals surface area contributed by atoms with Gasteiger partial charge in [-0.3, -0.25) is 9.59 Å². The van der Waals surface area contributed by atoms with Gasteiger partial charge in [-0.05, 0) is 105 Å². The monoisotopic (exact) mass is 474 g/mol. The number of Topliss-reactive ketones (excluding diaryl/α,β-unsaturated/α-hetero) is 1. The minimum absolute atomic E-state index is 0.120. The van der Waals surface area contributed by atoms with E-state index in [-0.39, 0.29) is 30.0 Å². The van der Waals surface area contributed by atoms with Crippen LogP contribution in [0.5, 0.6) is 0 Å². The zero-order valence-corrected chi connectivity index (χ0v) is 21.4. The van der Waals surface area contributed by atoms with E-state index >= 15 is 0 Å². The van der Waals surface area contributed by atoms with Crippen LogP contribution in [0.25, 0.3) is 0 Å². The third-order valence-corrected chi connectivity index (χ3v) is 11.4. The van der Waals surface area contributed by atoms with Gasteiger partial charge in [0, 0.05) is 25.4 Å². The summed E-state index contributed by atoms with van der Waals surface area (Å²) in [6.45, 7) is 6.31. The van der Waals surface area contributed by atoms with Gasteiger partial charge in [0.25, 0.3) is 0 Å². The van der Waals surface area contributed by atoms with Gasteiger partial charge in [-0.15, -0.1) is 0 Å². The van der Waals surface area contributed by atoms with E-state index in [4.69, 9.17) is 9.47 Å². The van der Waals surface area contributed by atoms with Crippen molar-refractivity contribution in [3.63, 3.8) is 0 Å². The lowest BCUT2D eigenvalue weighted by Crippen LogP contribution is -2.56.